The van der Waals surface area contributed by atoms with Crippen molar-refractivity contribution in [2.45, 2.75) is 37.9 Å². The highest BCUT2D eigenvalue weighted by molar-refractivity contribution is 7.91. The number of nitrogens with one attached hydrogen (secondary N) is 1. The van der Waals surface area contributed by atoms with Crippen molar-refractivity contribution in [2.75, 3.05) is 23.5 Å². The van der Waals surface area contributed by atoms with E-state index in [9.17, 15) is 8.42 Å². The van der Waals surface area contributed by atoms with Gasteiger partial charge in [-0.25, -0.2) is 8.42 Å². The molecule has 1 aromatic heterocycles. The molecule has 2 heterocycles. The number of hydrogen-bond acceptors (Lipinski definition) is 6. The third kappa shape index (κ3) is 3.09. The summed E-state index contributed by atoms with van der Waals surface area (Å²) in [6.07, 6.45) is 4.77. The first-order chi connectivity index (χ1) is 9.03. The normalized spacial score (nSPS) is 25.6. The molecule has 2 aliphatic rings. The first kappa shape index (κ1) is 12.9. The predicted molar refractivity (Wildman–Crippen MR) is 71.8 cm³/mol. The Morgan fingerprint density at radius 2 is 2.26 bits per heavy atom. The van der Waals surface area contributed by atoms with Crippen LogP contribution in [0.15, 0.2) is 10.7 Å². The second kappa shape index (κ2) is 4.79. The summed E-state index contributed by atoms with van der Waals surface area (Å²) in [7, 11) is -1.04. The standard InChI is InChI=1S/C12H19N3O3S/c1-15(11-4-5-19(16,17)8-11)12-14-10(7-18-12)6-13-9-2-3-9/h7,9,11,13H,2-6,8H2,1H3. The van der Waals surface area contributed by atoms with Crippen LogP contribution in [0.3, 0.4) is 0 Å². The van der Waals surface area contributed by atoms with E-state index in [1.165, 1.54) is 12.8 Å². The highest BCUT2D eigenvalue weighted by Crippen LogP contribution is 2.23. The van der Waals surface area contributed by atoms with Gasteiger partial charge in [-0.2, -0.15) is 4.98 Å². The molecule has 0 amide bonds. The van der Waals surface area contributed by atoms with E-state index in [0.717, 1.165) is 5.69 Å². The van der Waals surface area contributed by atoms with Crippen LogP contribution in [0.25, 0.3) is 0 Å². The zero-order chi connectivity index (χ0) is 13.5. The van der Waals surface area contributed by atoms with Gasteiger partial charge in [0, 0.05) is 25.7 Å². The fraction of sp³-hybridized carbons (Fsp3) is 0.750. The fourth-order valence-corrected chi connectivity index (χ4v) is 4.09. The Hall–Kier alpha value is -1.08. The molecule has 1 saturated carbocycles. The Bertz CT molecular complexity index is 550. The first-order valence-electron chi connectivity index (χ1n) is 6.64. The Balaban J connectivity index is 1.61. The Morgan fingerprint density at radius 3 is 2.89 bits per heavy atom. The summed E-state index contributed by atoms with van der Waals surface area (Å²) in [5, 5.41) is 3.37. The number of anilines is 1. The molecular formula is C12H19N3O3S. The maximum atomic E-state index is 11.5. The van der Waals surface area contributed by atoms with Gasteiger partial charge in [0.2, 0.25) is 0 Å². The monoisotopic (exact) mass is 285 g/mol. The number of rotatable bonds is 5. The summed E-state index contributed by atoms with van der Waals surface area (Å²) in [6.45, 7) is 0.713. The average molecular weight is 285 g/mol. The van der Waals surface area contributed by atoms with E-state index in [0.29, 0.717) is 25.0 Å². The molecule has 0 radical (unpaired) electrons. The van der Waals surface area contributed by atoms with Crippen molar-refractivity contribution < 1.29 is 12.8 Å². The molecule has 106 valence electrons. The second-order valence-electron chi connectivity index (χ2n) is 5.44. The maximum absolute atomic E-state index is 11.5. The maximum Gasteiger partial charge on any atom is 0.297 e. The summed E-state index contributed by atoms with van der Waals surface area (Å²) < 4.78 is 28.4. The molecule has 1 saturated heterocycles. The molecule has 1 unspecified atom stereocenters. The van der Waals surface area contributed by atoms with E-state index < -0.39 is 9.84 Å². The van der Waals surface area contributed by atoms with Crippen molar-refractivity contribution in [1.82, 2.24) is 10.3 Å². The number of hydrogen-bond donors (Lipinski definition) is 1. The largest absolute Gasteiger partial charge is 0.432 e. The molecule has 19 heavy (non-hydrogen) atoms. The molecule has 0 aromatic carbocycles. The lowest BCUT2D eigenvalue weighted by Crippen LogP contribution is -2.32. The average Bonchev–Trinajstić information content (AvgIpc) is 2.95. The Morgan fingerprint density at radius 1 is 1.47 bits per heavy atom. The summed E-state index contributed by atoms with van der Waals surface area (Å²) in [6, 6.07) is 1.13. The van der Waals surface area contributed by atoms with E-state index >= 15 is 0 Å². The number of nitrogens with zero attached hydrogens (tertiary/aromatic N) is 2. The van der Waals surface area contributed by atoms with Crippen LogP contribution in [0.4, 0.5) is 6.01 Å². The molecule has 1 aliphatic heterocycles. The van der Waals surface area contributed by atoms with Crippen LogP contribution in [0.1, 0.15) is 25.0 Å². The topological polar surface area (TPSA) is 75.4 Å². The Kier molecular flexibility index (Phi) is 3.26. The van der Waals surface area contributed by atoms with Crippen molar-refractivity contribution in [3.05, 3.63) is 12.0 Å². The smallest absolute Gasteiger partial charge is 0.297 e. The van der Waals surface area contributed by atoms with Crippen molar-refractivity contribution >= 4 is 15.9 Å². The van der Waals surface area contributed by atoms with Gasteiger partial charge in [0.1, 0.15) is 6.26 Å². The quantitative estimate of drug-likeness (QED) is 0.851. The third-order valence-corrected chi connectivity index (χ3v) is 5.50. The minimum atomic E-state index is -2.88. The number of sulfone groups is 1. The van der Waals surface area contributed by atoms with E-state index in [2.05, 4.69) is 10.3 Å². The highest BCUT2D eigenvalue weighted by Gasteiger charge is 2.32. The van der Waals surface area contributed by atoms with Crippen LogP contribution in [-0.2, 0) is 16.4 Å². The fourth-order valence-electron chi connectivity index (χ4n) is 2.31. The molecule has 7 heteroatoms. The van der Waals surface area contributed by atoms with Crippen LogP contribution in [-0.4, -0.2) is 44.0 Å². The van der Waals surface area contributed by atoms with Gasteiger partial charge >= 0.3 is 0 Å². The number of oxazole rings is 1. The van der Waals surface area contributed by atoms with Gasteiger partial charge in [-0.05, 0) is 19.3 Å². The van der Waals surface area contributed by atoms with Crippen molar-refractivity contribution in [3.8, 4) is 0 Å². The second-order valence-corrected chi connectivity index (χ2v) is 7.67. The first-order valence-corrected chi connectivity index (χ1v) is 8.47. The van der Waals surface area contributed by atoms with E-state index in [4.69, 9.17) is 4.42 Å². The summed E-state index contributed by atoms with van der Waals surface area (Å²) in [5.74, 6) is 0.459. The highest BCUT2D eigenvalue weighted by atomic mass is 32.2. The lowest BCUT2D eigenvalue weighted by Gasteiger charge is -2.20. The van der Waals surface area contributed by atoms with E-state index in [-0.39, 0.29) is 17.5 Å². The Labute approximate surface area is 113 Å². The molecule has 1 atom stereocenters. The van der Waals surface area contributed by atoms with Crippen LogP contribution in [0, 0.1) is 0 Å². The van der Waals surface area contributed by atoms with Crippen molar-refractivity contribution in [1.29, 1.82) is 0 Å². The molecule has 6 nitrogen and oxygen atoms in total. The minimum Gasteiger partial charge on any atom is -0.432 e. The zero-order valence-electron chi connectivity index (χ0n) is 11.0. The predicted octanol–water partition coefficient (Wildman–Crippen LogP) is 0.550. The summed E-state index contributed by atoms with van der Waals surface area (Å²) in [5.41, 5.74) is 0.870. The zero-order valence-corrected chi connectivity index (χ0v) is 11.8. The molecule has 2 fully saturated rings. The molecule has 1 aliphatic carbocycles. The van der Waals surface area contributed by atoms with Crippen molar-refractivity contribution in [2.24, 2.45) is 0 Å². The van der Waals surface area contributed by atoms with Gasteiger partial charge < -0.3 is 14.6 Å². The molecule has 1 aromatic rings. The SMILES string of the molecule is CN(c1nc(CNC2CC2)co1)C1CCS(=O)(=O)C1. The van der Waals surface area contributed by atoms with Gasteiger partial charge in [-0.15, -0.1) is 0 Å². The van der Waals surface area contributed by atoms with Crippen molar-refractivity contribution in [3.63, 3.8) is 0 Å². The summed E-state index contributed by atoms with van der Waals surface area (Å²) in [4.78, 5) is 6.24. The van der Waals surface area contributed by atoms with E-state index in [1.807, 2.05) is 11.9 Å². The lowest BCUT2D eigenvalue weighted by molar-refractivity contribution is 0.521. The molecule has 3 rings (SSSR count). The molecule has 0 spiro atoms. The molecule has 1 N–H and O–H groups in total. The third-order valence-electron chi connectivity index (χ3n) is 3.75. The van der Waals surface area contributed by atoms with Gasteiger partial charge in [0.25, 0.3) is 6.01 Å². The summed E-state index contributed by atoms with van der Waals surface area (Å²) >= 11 is 0. The van der Waals surface area contributed by atoms with Gasteiger partial charge in [0.15, 0.2) is 9.84 Å². The van der Waals surface area contributed by atoms with E-state index in [1.54, 1.807) is 6.26 Å². The van der Waals surface area contributed by atoms with Gasteiger partial charge in [-0.3, -0.25) is 0 Å². The van der Waals surface area contributed by atoms with Crippen LogP contribution >= 0.6 is 0 Å². The minimum absolute atomic E-state index is 0.0205. The number of aromatic nitrogens is 1. The molecule has 0 bridgehead atoms. The van der Waals surface area contributed by atoms with Crippen LogP contribution < -0.4 is 10.2 Å². The lowest BCUT2D eigenvalue weighted by atomic mass is 10.2. The van der Waals surface area contributed by atoms with Crippen LogP contribution in [0.2, 0.25) is 0 Å². The van der Waals surface area contributed by atoms with Gasteiger partial charge in [0.05, 0.1) is 17.2 Å². The van der Waals surface area contributed by atoms with Crippen LogP contribution in [0.5, 0.6) is 0 Å². The molecular weight excluding hydrogens is 266 g/mol. The van der Waals surface area contributed by atoms with Gasteiger partial charge in [-0.1, -0.05) is 0 Å².